The van der Waals surface area contributed by atoms with E-state index in [2.05, 4.69) is 4.74 Å². The fraction of sp³-hybridized carbons (Fsp3) is 1.00. The Bertz CT molecular complexity index is 281. The van der Waals surface area contributed by atoms with Gasteiger partial charge in [-0.2, -0.15) is 35.1 Å². The van der Waals surface area contributed by atoms with E-state index in [0.717, 1.165) is 0 Å². The van der Waals surface area contributed by atoms with Crippen LogP contribution in [0.1, 0.15) is 13.8 Å². The summed E-state index contributed by atoms with van der Waals surface area (Å²) in [7, 11) is 0. The van der Waals surface area contributed by atoms with E-state index in [-0.39, 0.29) is 0 Å². The lowest BCUT2D eigenvalue weighted by Crippen LogP contribution is -2.61. The molecule has 18 heavy (non-hydrogen) atoms. The van der Waals surface area contributed by atoms with Crippen molar-refractivity contribution in [1.29, 1.82) is 0 Å². The molecule has 0 spiro atoms. The highest BCUT2D eigenvalue weighted by molar-refractivity contribution is 4.91. The van der Waals surface area contributed by atoms with Gasteiger partial charge in [-0.3, -0.25) is 4.74 Å². The largest absolute Gasteiger partial charge is 0.455 e. The van der Waals surface area contributed by atoms with Crippen LogP contribution in [0.25, 0.3) is 0 Å². The molecule has 0 aliphatic rings. The second-order valence-electron chi connectivity index (χ2n) is 3.49. The van der Waals surface area contributed by atoms with Crippen LogP contribution in [0.15, 0.2) is 0 Å². The van der Waals surface area contributed by atoms with E-state index in [1.165, 1.54) is 0 Å². The molecule has 1 nitrogen and oxygen atoms in total. The summed E-state index contributed by atoms with van der Waals surface area (Å²) >= 11 is 0. The zero-order chi connectivity index (χ0) is 15.2. The van der Waals surface area contributed by atoms with Gasteiger partial charge in [0.05, 0.1) is 0 Å². The quantitative estimate of drug-likeness (QED) is 0.709. The molecule has 0 aromatic rings. The Morgan fingerprint density at radius 3 is 1.11 bits per heavy atom. The molecule has 0 aromatic carbocycles. The van der Waals surface area contributed by atoms with Gasteiger partial charge in [0.1, 0.15) is 0 Å². The van der Waals surface area contributed by atoms with Crippen molar-refractivity contribution in [2.24, 2.45) is 0 Å². The Labute approximate surface area is 93.7 Å². The summed E-state index contributed by atoms with van der Waals surface area (Å²) in [5, 5.41) is 0. The van der Waals surface area contributed by atoms with Crippen molar-refractivity contribution in [2.75, 3.05) is 0 Å². The third kappa shape index (κ3) is 2.98. The zero-order valence-electron chi connectivity index (χ0n) is 8.69. The van der Waals surface area contributed by atoms with Crippen molar-refractivity contribution in [1.82, 2.24) is 0 Å². The Kier molecular flexibility index (Phi) is 3.97. The summed E-state index contributed by atoms with van der Waals surface area (Å²) in [5.74, 6) is -17.1. The van der Waals surface area contributed by atoms with Gasteiger partial charge < -0.3 is 0 Å². The first-order valence-electron chi connectivity index (χ1n) is 4.05. The van der Waals surface area contributed by atoms with E-state index < -0.39 is 43.8 Å². The summed E-state index contributed by atoms with van der Waals surface area (Å²) < 4.78 is 125. The summed E-state index contributed by atoms with van der Waals surface area (Å²) in [6.45, 7) is -1.35. The van der Waals surface area contributed by atoms with Gasteiger partial charge >= 0.3 is 30.0 Å². The average Bonchev–Trinajstić information content (AvgIpc) is 1.95. The fourth-order valence-electron chi connectivity index (χ4n) is 0.663. The van der Waals surface area contributed by atoms with E-state index in [1.807, 2.05) is 0 Å². The standard InChI is InChI=1S/C7H6F10O/c1-3(8,9)5(12,6(13,14)15)18-7(16,17)4(2,10)11/h1-2H3. The lowest BCUT2D eigenvalue weighted by molar-refractivity contribution is -0.482. The smallest absolute Gasteiger partial charge is 0.265 e. The van der Waals surface area contributed by atoms with Gasteiger partial charge in [0.25, 0.3) is 0 Å². The topological polar surface area (TPSA) is 9.23 Å². The minimum absolute atomic E-state index is 0.613. The van der Waals surface area contributed by atoms with E-state index in [1.54, 1.807) is 0 Å². The molecule has 0 aromatic heterocycles. The fourth-order valence-corrected chi connectivity index (χ4v) is 0.663. The van der Waals surface area contributed by atoms with E-state index in [9.17, 15) is 43.9 Å². The normalized spacial score (nSPS) is 18.7. The summed E-state index contributed by atoms with van der Waals surface area (Å²) in [4.78, 5) is 0. The van der Waals surface area contributed by atoms with Gasteiger partial charge in [0.15, 0.2) is 0 Å². The molecule has 0 saturated heterocycles. The van der Waals surface area contributed by atoms with Crippen molar-refractivity contribution in [3.8, 4) is 0 Å². The maximum absolute atomic E-state index is 12.9. The molecule has 0 heterocycles. The Balaban J connectivity index is 5.58. The van der Waals surface area contributed by atoms with Gasteiger partial charge in [-0.25, -0.2) is 8.78 Å². The van der Waals surface area contributed by atoms with Crippen LogP contribution in [-0.4, -0.2) is 30.0 Å². The molecular weight excluding hydrogens is 290 g/mol. The maximum atomic E-state index is 12.9. The van der Waals surface area contributed by atoms with Crippen LogP contribution >= 0.6 is 0 Å². The van der Waals surface area contributed by atoms with Crippen LogP contribution in [-0.2, 0) is 4.74 Å². The van der Waals surface area contributed by atoms with Crippen LogP contribution in [0.5, 0.6) is 0 Å². The SMILES string of the molecule is CC(F)(F)C(F)(F)OC(F)(C(C)(F)F)C(F)(F)F. The Morgan fingerprint density at radius 1 is 0.611 bits per heavy atom. The van der Waals surface area contributed by atoms with Crippen molar-refractivity contribution < 1.29 is 48.6 Å². The third-order valence-electron chi connectivity index (χ3n) is 1.71. The first-order chi connectivity index (χ1) is 7.46. The van der Waals surface area contributed by atoms with Crippen LogP contribution in [0.3, 0.4) is 0 Å². The molecule has 0 aliphatic carbocycles. The first kappa shape index (κ1) is 17.3. The van der Waals surface area contributed by atoms with Crippen molar-refractivity contribution in [3.63, 3.8) is 0 Å². The van der Waals surface area contributed by atoms with Gasteiger partial charge in [0, 0.05) is 13.8 Å². The Hall–Kier alpha value is -0.740. The number of hydrogen-bond donors (Lipinski definition) is 0. The molecular formula is C7H6F10O. The van der Waals surface area contributed by atoms with Gasteiger partial charge in [-0.05, 0) is 0 Å². The third-order valence-corrected chi connectivity index (χ3v) is 1.71. The molecule has 1 unspecified atom stereocenters. The lowest BCUT2D eigenvalue weighted by atomic mass is 10.1. The predicted octanol–water partition coefficient (Wildman–Crippen LogP) is 4.13. The molecule has 1 atom stereocenters. The van der Waals surface area contributed by atoms with Crippen LogP contribution in [0.4, 0.5) is 43.9 Å². The highest BCUT2D eigenvalue weighted by Gasteiger charge is 2.76. The number of ether oxygens (including phenoxy) is 1. The minimum Gasteiger partial charge on any atom is -0.265 e. The van der Waals surface area contributed by atoms with Gasteiger partial charge in [-0.15, -0.1) is 0 Å². The van der Waals surface area contributed by atoms with E-state index in [4.69, 9.17) is 0 Å². The highest BCUT2D eigenvalue weighted by Crippen LogP contribution is 2.51. The predicted molar refractivity (Wildman–Crippen MR) is 37.2 cm³/mol. The molecule has 0 N–H and O–H groups in total. The summed E-state index contributed by atoms with van der Waals surface area (Å²) in [6, 6.07) is 0. The average molecular weight is 296 g/mol. The monoisotopic (exact) mass is 296 g/mol. The minimum atomic E-state index is -6.64. The van der Waals surface area contributed by atoms with Crippen molar-refractivity contribution >= 4 is 0 Å². The lowest BCUT2D eigenvalue weighted by Gasteiger charge is -2.36. The zero-order valence-corrected chi connectivity index (χ0v) is 8.69. The Morgan fingerprint density at radius 2 is 0.944 bits per heavy atom. The van der Waals surface area contributed by atoms with Gasteiger partial charge in [-0.1, -0.05) is 0 Å². The summed E-state index contributed by atoms with van der Waals surface area (Å²) in [6.07, 6.45) is -12.7. The number of hydrogen-bond acceptors (Lipinski definition) is 1. The highest BCUT2D eigenvalue weighted by atomic mass is 19.4. The number of rotatable bonds is 4. The molecule has 0 amide bonds. The van der Waals surface area contributed by atoms with Gasteiger partial charge in [0.2, 0.25) is 0 Å². The number of halogens is 10. The van der Waals surface area contributed by atoms with Crippen molar-refractivity contribution in [3.05, 3.63) is 0 Å². The van der Waals surface area contributed by atoms with Crippen LogP contribution in [0.2, 0.25) is 0 Å². The molecule has 0 rings (SSSR count). The summed E-state index contributed by atoms with van der Waals surface area (Å²) in [5.41, 5.74) is 0. The maximum Gasteiger partial charge on any atom is 0.455 e. The second kappa shape index (κ2) is 4.14. The molecule has 11 heteroatoms. The molecule has 110 valence electrons. The molecule has 0 saturated carbocycles. The second-order valence-corrected chi connectivity index (χ2v) is 3.49. The van der Waals surface area contributed by atoms with E-state index in [0.29, 0.717) is 0 Å². The van der Waals surface area contributed by atoms with E-state index >= 15 is 0 Å². The molecule has 0 radical (unpaired) electrons. The van der Waals surface area contributed by atoms with Crippen LogP contribution in [0, 0.1) is 0 Å². The molecule has 0 fully saturated rings. The number of alkyl halides is 10. The van der Waals surface area contributed by atoms with Crippen molar-refractivity contribution in [2.45, 2.75) is 43.8 Å². The first-order valence-corrected chi connectivity index (χ1v) is 4.05. The molecule has 0 aliphatic heterocycles. The van der Waals surface area contributed by atoms with Crippen LogP contribution < -0.4 is 0 Å². The molecule has 0 bridgehead atoms.